The Bertz CT molecular complexity index is 1080. The molecular weight excluding hydrogens is 382 g/mol. The molecule has 3 aromatic heterocycles. The fourth-order valence-corrected chi connectivity index (χ4v) is 3.73. The lowest BCUT2D eigenvalue weighted by molar-refractivity contribution is -0.0247. The molecule has 0 bridgehead atoms. The van der Waals surface area contributed by atoms with Gasteiger partial charge in [-0.3, -0.25) is 4.79 Å². The highest BCUT2D eigenvalue weighted by Crippen LogP contribution is 2.29. The maximum atomic E-state index is 13.0. The third kappa shape index (κ3) is 3.82. The van der Waals surface area contributed by atoms with Crippen molar-refractivity contribution in [3.05, 3.63) is 58.6 Å². The molecule has 4 rings (SSSR count). The molecule has 8 heteroatoms. The normalized spacial score (nSPS) is 16.7. The maximum absolute atomic E-state index is 13.0. The van der Waals surface area contributed by atoms with Crippen molar-refractivity contribution in [2.24, 2.45) is 0 Å². The quantitative estimate of drug-likeness (QED) is 0.655. The van der Waals surface area contributed by atoms with Crippen LogP contribution in [0.3, 0.4) is 0 Å². The van der Waals surface area contributed by atoms with Crippen molar-refractivity contribution in [1.29, 1.82) is 0 Å². The van der Waals surface area contributed by atoms with Gasteiger partial charge in [0.2, 0.25) is 0 Å². The Morgan fingerprint density at radius 2 is 2.03 bits per heavy atom. The van der Waals surface area contributed by atoms with Crippen LogP contribution in [0.5, 0.6) is 0 Å². The lowest BCUT2D eigenvalue weighted by atomic mass is 10.1. The zero-order valence-corrected chi connectivity index (χ0v) is 17.7. The van der Waals surface area contributed by atoms with Crippen molar-refractivity contribution in [1.82, 2.24) is 25.0 Å². The van der Waals surface area contributed by atoms with E-state index in [0.717, 1.165) is 34.8 Å². The number of carbonyl (C=O) groups excluding carboxylic acids is 1. The number of rotatable bonds is 4. The first-order valence-electron chi connectivity index (χ1n) is 10.1. The molecular formula is C22H25N5O3. The van der Waals surface area contributed by atoms with E-state index < -0.39 is 0 Å². The second-order valence-corrected chi connectivity index (χ2v) is 7.39. The van der Waals surface area contributed by atoms with Crippen molar-refractivity contribution in [3.63, 3.8) is 0 Å². The largest absolute Gasteiger partial charge is 0.368 e. The van der Waals surface area contributed by atoms with E-state index in [-0.39, 0.29) is 12.0 Å². The van der Waals surface area contributed by atoms with Crippen molar-refractivity contribution in [2.75, 3.05) is 19.7 Å². The summed E-state index contributed by atoms with van der Waals surface area (Å²) in [5.74, 6) is 1.38. The Kier molecular flexibility index (Phi) is 5.59. The van der Waals surface area contributed by atoms with Crippen molar-refractivity contribution >= 4 is 5.91 Å². The van der Waals surface area contributed by atoms with Crippen molar-refractivity contribution < 1.29 is 14.1 Å². The third-order valence-corrected chi connectivity index (χ3v) is 5.30. The summed E-state index contributed by atoms with van der Waals surface area (Å²) in [5.41, 5.74) is 4.53. The van der Waals surface area contributed by atoms with Crippen LogP contribution in [0.4, 0.5) is 0 Å². The van der Waals surface area contributed by atoms with Gasteiger partial charge in [-0.1, -0.05) is 18.1 Å². The first-order chi connectivity index (χ1) is 14.5. The molecule has 0 N–H and O–H groups in total. The molecule has 30 heavy (non-hydrogen) atoms. The Morgan fingerprint density at radius 1 is 1.20 bits per heavy atom. The molecule has 1 saturated heterocycles. The maximum Gasteiger partial charge on any atom is 0.257 e. The topological polar surface area (TPSA) is 94.2 Å². The number of ether oxygens (including phenoxy) is 1. The summed E-state index contributed by atoms with van der Waals surface area (Å²) < 4.78 is 11.4. The molecule has 0 unspecified atom stereocenters. The van der Waals surface area contributed by atoms with Crippen LogP contribution in [-0.4, -0.2) is 50.6 Å². The van der Waals surface area contributed by atoms with Gasteiger partial charge in [0, 0.05) is 19.2 Å². The molecule has 0 spiro atoms. The number of pyridine rings is 1. The molecule has 4 heterocycles. The van der Waals surface area contributed by atoms with E-state index in [0.29, 0.717) is 36.8 Å². The average Bonchev–Trinajstić information content (AvgIpc) is 3.14. The van der Waals surface area contributed by atoms with Crippen LogP contribution in [0.15, 0.2) is 28.9 Å². The van der Waals surface area contributed by atoms with Crippen LogP contribution in [0.25, 0.3) is 11.3 Å². The Labute approximate surface area is 175 Å². The molecule has 0 aromatic carbocycles. The van der Waals surface area contributed by atoms with Gasteiger partial charge in [-0.05, 0) is 32.9 Å². The fraction of sp³-hybridized carbons (Fsp3) is 0.409. The van der Waals surface area contributed by atoms with Crippen molar-refractivity contribution in [2.45, 2.75) is 40.2 Å². The zero-order valence-electron chi connectivity index (χ0n) is 17.7. The number of hydrogen-bond acceptors (Lipinski definition) is 7. The third-order valence-electron chi connectivity index (χ3n) is 5.30. The SMILES string of the molecule is CCc1onc(C)c1-c1cccc([C@H]2CN(C(=O)c3cnc(C)nc3C)CCO2)n1. The standard InChI is InChI=1S/C22H25N5O3/c1-5-19-21(14(3)26-30-19)18-8-6-7-17(25-18)20-12-27(9-10-29-20)22(28)16-11-23-15(4)24-13(16)2/h6-8,11,20H,5,9-10,12H2,1-4H3/t20-/m1/s1. The van der Waals surface area contributed by atoms with Gasteiger partial charge in [-0.2, -0.15) is 0 Å². The number of morpholine rings is 1. The minimum Gasteiger partial charge on any atom is -0.368 e. The fourth-order valence-electron chi connectivity index (χ4n) is 3.73. The van der Waals surface area contributed by atoms with Crippen molar-refractivity contribution in [3.8, 4) is 11.3 Å². The molecule has 0 radical (unpaired) electrons. The summed E-state index contributed by atoms with van der Waals surface area (Å²) in [4.78, 5) is 28.1. The van der Waals surface area contributed by atoms with Gasteiger partial charge in [-0.15, -0.1) is 0 Å². The number of aryl methyl sites for hydroxylation is 4. The number of amides is 1. The van der Waals surface area contributed by atoms with Crippen LogP contribution in [0.2, 0.25) is 0 Å². The van der Waals surface area contributed by atoms with Gasteiger partial charge in [-0.25, -0.2) is 15.0 Å². The van der Waals surface area contributed by atoms with Gasteiger partial charge in [0.15, 0.2) is 0 Å². The van der Waals surface area contributed by atoms with E-state index >= 15 is 0 Å². The molecule has 1 amide bonds. The van der Waals surface area contributed by atoms with Gasteiger partial charge in [0.1, 0.15) is 17.7 Å². The summed E-state index contributed by atoms with van der Waals surface area (Å²) in [6, 6.07) is 5.82. The highest BCUT2D eigenvalue weighted by Gasteiger charge is 2.28. The molecule has 1 atom stereocenters. The minimum absolute atomic E-state index is 0.0832. The highest BCUT2D eigenvalue weighted by atomic mass is 16.5. The first-order valence-corrected chi connectivity index (χ1v) is 10.1. The molecule has 1 aliphatic rings. The van der Waals surface area contributed by atoms with Gasteiger partial charge >= 0.3 is 0 Å². The summed E-state index contributed by atoms with van der Waals surface area (Å²) in [6.45, 7) is 8.97. The van der Waals surface area contributed by atoms with Gasteiger partial charge < -0.3 is 14.2 Å². The number of carbonyl (C=O) groups is 1. The molecule has 1 aliphatic heterocycles. The Morgan fingerprint density at radius 3 is 2.80 bits per heavy atom. The zero-order chi connectivity index (χ0) is 21.3. The lowest BCUT2D eigenvalue weighted by Gasteiger charge is -2.33. The highest BCUT2D eigenvalue weighted by molar-refractivity contribution is 5.95. The number of nitrogens with zero attached hydrogens (tertiary/aromatic N) is 5. The second kappa shape index (κ2) is 8.31. The molecule has 3 aromatic rings. The summed E-state index contributed by atoms with van der Waals surface area (Å²) in [5, 5.41) is 4.08. The molecule has 156 valence electrons. The van der Waals surface area contributed by atoms with E-state index in [2.05, 4.69) is 15.1 Å². The monoisotopic (exact) mass is 407 g/mol. The molecule has 1 fully saturated rings. The minimum atomic E-state index is -0.306. The second-order valence-electron chi connectivity index (χ2n) is 7.39. The summed E-state index contributed by atoms with van der Waals surface area (Å²) in [6.07, 6.45) is 2.03. The van der Waals surface area contributed by atoms with E-state index in [9.17, 15) is 4.79 Å². The van der Waals surface area contributed by atoms with Crippen LogP contribution in [0, 0.1) is 20.8 Å². The van der Waals surface area contributed by atoms with E-state index in [4.69, 9.17) is 14.2 Å². The molecule has 0 saturated carbocycles. The van der Waals surface area contributed by atoms with Crippen LogP contribution in [0.1, 0.15) is 52.1 Å². The van der Waals surface area contributed by atoms with Crippen LogP contribution >= 0.6 is 0 Å². The Hall–Kier alpha value is -3.13. The van der Waals surface area contributed by atoms with Gasteiger partial charge in [0.25, 0.3) is 5.91 Å². The predicted octanol–water partition coefficient (Wildman–Crippen LogP) is 3.23. The average molecular weight is 407 g/mol. The van der Waals surface area contributed by atoms with E-state index in [1.54, 1.807) is 11.1 Å². The predicted molar refractivity (Wildman–Crippen MR) is 110 cm³/mol. The first kappa shape index (κ1) is 20.2. The Balaban J connectivity index is 1.58. The smallest absolute Gasteiger partial charge is 0.257 e. The molecule has 0 aliphatic carbocycles. The van der Waals surface area contributed by atoms with Gasteiger partial charge in [0.05, 0.1) is 47.1 Å². The van der Waals surface area contributed by atoms with E-state index in [1.165, 1.54) is 0 Å². The molecule has 8 nitrogen and oxygen atoms in total. The van der Waals surface area contributed by atoms with Crippen LogP contribution < -0.4 is 0 Å². The number of hydrogen-bond donors (Lipinski definition) is 0. The lowest BCUT2D eigenvalue weighted by Crippen LogP contribution is -2.42. The summed E-state index contributed by atoms with van der Waals surface area (Å²) >= 11 is 0. The summed E-state index contributed by atoms with van der Waals surface area (Å²) in [7, 11) is 0. The number of aromatic nitrogens is 4. The van der Waals surface area contributed by atoms with E-state index in [1.807, 2.05) is 45.9 Å². The van der Waals surface area contributed by atoms with Crippen LogP contribution in [-0.2, 0) is 11.2 Å².